The fraction of sp³-hybridized carbons (Fsp3) is 0.312. The second-order valence-corrected chi connectivity index (χ2v) is 5.57. The number of carbonyl (C=O) groups is 1. The van der Waals surface area contributed by atoms with Crippen LogP contribution in [-0.2, 0) is 9.47 Å². The Bertz CT molecular complexity index is 838. The molecule has 24 heavy (non-hydrogen) atoms. The smallest absolute Gasteiger partial charge is 0.338 e. The summed E-state index contributed by atoms with van der Waals surface area (Å²) in [6, 6.07) is 8.61. The maximum absolute atomic E-state index is 13.4. The number of aromatic nitrogens is 2. The van der Waals surface area contributed by atoms with Gasteiger partial charge in [0.2, 0.25) is 5.82 Å². The normalized spacial score (nSPS) is 24.1. The predicted octanol–water partition coefficient (Wildman–Crippen LogP) is 1.29. The van der Waals surface area contributed by atoms with Crippen molar-refractivity contribution in [2.75, 3.05) is 6.61 Å². The van der Waals surface area contributed by atoms with E-state index < -0.39 is 35.8 Å². The Hall–Kier alpha value is -2.74. The van der Waals surface area contributed by atoms with Gasteiger partial charge in [-0.3, -0.25) is 9.36 Å². The summed E-state index contributed by atoms with van der Waals surface area (Å²) in [6.07, 6.45) is 0.0642. The number of carbonyl (C=O) groups excluding carboxylic acids is 1. The van der Waals surface area contributed by atoms with E-state index in [2.05, 4.69) is 4.98 Å². The van der Waals surface area contributed by atoms with Crippen LogP contribution in [0.1, 0.15) is 23.0 Å². The highest BCUT2D eigenvalue weighted by molar-refractivity contribution is 5.89. The maximum Gasteiger partial charge on any atom is 0.338 e. The maximum atomic E-state index is 13.4. The van der Waals surface area contributed by atoms with Gasteiger partial charge in [0.1, 0.15) is 25.0 Å². The van der Waals surface area contributed by atoms with Crippen LogP contribution in [0.5, 0.6) is 6.01 Å². The van der Waals surface area contributed by atoms with Crippen LogP contribution in [0, 0.1) is 5.82 Å². The van der Waals surface area contributed by atoms with E-state index in [9.17, 15) is 14.0 Å². The lowest BCUT2D eigenvalue weighted by Crippen LogP contribution is -2.34. The molecule has 3 unspecified atom stereocenters. The Labute approximate surface area is 135 Å². The number of benzene rings is 1. The second kappa shape index (κ2) is 5.72. The van der Waals surface area contributed by atoms with Crippen LogP contribution in [-0.4, -0.2) is 34.3 Å². The summed E-state index contributed by atoms with van der Waals surface area (Å²) in [6.45, 7) is -0.00381. The van der Waals surface area contributed by atoms with Crippen molar-refractivity contribution in [3.05, 3.63) is 58.3 Å². The van der Waals surface area contributed by atoms with Crippen molar-refractivity contribution in [1.82, 2.24) is 9.55 Å². The Morgan fingerprint density at radius 1 is 1.38 bits per heavy atom. The first-order valence-corrected chi connectivity index (χ1v) is 7.45. The van der Waals surface area contributed by atoms with Crippen LogP contribution >= 0.6 is 0 Å². The molecule has 3 heterocycles. The first-order chi connectivity index (χ1) is 11.6. The summed E-state index contributed by atoms with van der Waals surface area (Å²) >= 11 is 0. The molecule has 8 heteroatoms. The highest BCUT2D eigenvalue weighted by Crippen LogP contribution is 2.37. The Morgan fingerprint density at radius 3 is 2.96 bits per heavy atom. The minimum Gasteiger partial charge on any atom is -0.459 e. The number of hydrogen-bond acceptors (Lipinski definition) is 6. The Kier molecular flexibility index (Phi) is 3.53. The molecule has 1 aromatic carbocycles. The summed E-state index contributed by atoms with van der Waals surface area (Å²) in [5.41, 5.74) is -0.536. The lowest BCUT2D eigenvalue weighted by Gasteiger charge is -2.23. The van der Waals surface area contributed by atoms with Gasteiger partial charge >= 0.3 is 17.5 Å². The molecule has 0 amide bonds. The summed E-state index contributed by atoms with van der Waals surface area (Å²) in [7, 11) is 0. The monoisotopic (exact) mass is 332 g/mol. The quantitative estimate of drug-likeness (QED) is 0.788. The topological polar surface area (TPSA) is 79.7 Å². The molecule has 0 N–H and O–H groups in total. The third-order valence-corrected chi connectivity index (χ3v) is 4.01. The van der Waals surface area contributed by atoms with E-state index in [1.165, 1.54) is 4.57 Å². The van der Waals surface area contributed by atoms with Crippen LogP contribution in [0.2, 0.25) is 0 Å². The number of nitrogens with zero attached hydrogens (tertiary/aromatic N) is 2. The number of rotatable bonds is 3. The average Bonchev–Trinajstić information content (AvgIpc) is 2.93. The standard InChI is InChI=1S/C16H13FN2O5/c17-10-7-19-13-6-11(24-16(19)18-14(10)20)12(23-13)8-22-15(21)9-4-2-1-3-5-9/h1-5,7,11-13H,6,8H2. The van der Waals surface area contributed by atoms with Gasteiger partial charge in [0.25, 0.3) is 0 Å². The van der Waals surface area contributed by atoms with Gasteiger partial charge in [0.15, 0.2) is 0 Å². The number of ether oxygens (including phenoxy) is 3. The molecule has 0 aliphatic carbocycles. The largest absolute Gasteiger partial charge is 0.459 e. The molecule has 4 rings (SSSR count). The van der Waals surface area contributed by atoms with Crippen molar-refractivity contribution in [2.24, 2.45) is 0 Å². The molecule has 2 aromatic rings. The first-order valence-electron chi connectivity index (χ1n) is 7.45. The van der Waals surface area contributed by atoms with Crippen LogP contribution < -0.4 is 10.3 Å². The summed E-state index contributed by atoms with van der Waals surface area (Å²) < 4.78 is 31.3. The van der Waals surface area contributed by atoms with E-state index in [0.29, 0.717) is 12.0 Å². The van der Waals surface area contributed by atoms with Gasteiger partial charge in [-0.25, -0.2) is 4.79 Å². The van der Waals surface area contributed by atoms with Crippen molar-refractivity contribution in [1.29, 1.82) is 0 Å². The number of esters is 1. The zero-order chi connectivity index (χ0) is 16.7. The van der Waals surface area contributed by atoms with E-state index in [1.54, 1.807) is 30.3 Å². The molecule has 0 saturated carbocycles. The van der Waals surface area contributed by atoms with Crippen molar-refractivity contribution in [3.63, 3.8) is 0 Å². The van der Waals surface area contributed by atoms with Crippen LogP contribution in [0.15, 0.2) is 41.3 Å². The summed E-state index contributed by atoms with van der Waals surface area (Å²) in [4.78, 5) is 26.8. The van der Waals surface area contributed by atoms with Crippen molar-refractivity contribution in [3.8, 4) is 6.01 Å². The Morgan fingerprint density at radius 2 is 2.17 bits per heavy atom. The van der Waals surface area contributed by atoms with Crippen LogP contribution in [0.25, 0.3) is 0 Å². The van der Waals surface area contributed by atoms with Crippen LogP contribution in [0.3, 0.4) is 0 Å². The van der Waals surface area contributed by atoms with E-state index >= 15 is 0 Å². The van der Waals surface area contributed by atoms with Gasteiger partial charge in [-0.15, -0.1) is 0 Å². The minimum absolute atomic E-state index is 0.00381. The number of halogens is 1. The number of fused-ring (bicyclic) bond motifs is 4. The van der Waals surface area contributed by atoms with E-state index in [1.807, 2.05) is 0 Å². The van der Waals surface area contributed by atoms with Gasteiger partial charge in [-0.2, -0.15) is 9.37 Å². The molecular weight excluding hydrogens is 319 g/mol. The third kappa shape index (κ3) is 2.54. The molecule has 7 nitrogen and oxygen atoms in total. The summed E-state index contributed by atoms with van der Waals surface area (Å²) in [5, 5.41) is 0. The molecule has 1 fully saturated rings. The lowest BCUT2D eigenvalue weighted by molar-refractivity contribution is -0.0352. The van der Waals surface area contributed by atoms with Crippen molar-refractivity contribution < 1.29 is 23.4 Å². The lowest BCUT2D eigenvalue weighted by atomic mass is 10.1. The van der Waals surface area contributed by atoms with E-state index in [0.717, 1.165) is 6.20 Å². The molecule has 2 aliphatic heterocycles. The average molecular weight is 332 g/mol. The van der Waals surface area contributed by atoms with Gasteiger partial charge in [0, 0.05) is 6.42 Å². The van der Waals surface area contributed by atoms with Gasteiger partial charge < -0.3 is 14.2 Å². The molecule has 124 valence electrons. The molecule has 0 spiro atoms. The molecule has 0 radical (unpaired) electrons. The minimum atomic E-state index is -0.977. The molecule has 2 bridgehead atoms. The zero-order valence-corrected chi connectivity index (χ0v) is 12.4. The molecule has 2 aliphatic rings. The fourth-order valence-electron chi connectivity index (χ4n) is 2.82. The van der Waals surface area contributed by atoms with Crippen LogP contribution in [0.4, 0.5) is 4.39 Å². The molecule has 3 atom stereocenters. The predicted molar refractivity (Wildman–Crippen MR) is 78.1 cm³/mol. The summed E-state index contributed by atoms with van der Waals surface area (Å²) in [5.74, 6) is -1.43. The second-order valence-electron chi connectivity index (χ2n) is 5.57. The number of hydrogen-bond donors (Lipinski definition) is 0. The van der Waals surface area contributed by atoms with Gasteiger partial charge in [-0.1, -0.05) is 18.2 Å². The van der Waals surface area contributed by atoms with Crippen molar-refractivity contribution in [2.45, 2.75) is 24.9 Å². The van der Waals surface area contributed by atoms with E-state index in [-0.39, 0.29) is 12.6 Å². The first kappa shape index (κ1) is 14.8. The van der Waals surface area contributed by atoms with E-state index in [4.69, 9.17) is 14.2 Å². The molecular formula is C16H13FN2O5. The van der Waals surface area contributed by atoms with Gasteiger partial charge in [-0.05, 0) is 12.1 Å². The fourth-order valence-corrected chi connectivity index (χ4v) is 2.82. The molecule has 1 saturated heterocycles. The van der Waals surface area contributed by atoms with Gasteiger partial charge in [0.05, 0.1) is 11.8 Å². The molecule has 1 aromatic heterocycles. The zero-order valence-electron chi connectivity index (χ0n) is 12.4. The SMILES string of the molecule is O=C(OCC1OC2CC1Oc1nc(=O)c(F)cn12)c1ccccc1. The Balaban J connectivity index is 1.45. The third-order valence-electron chi connectivity index (χ3n) is 4.01. The highest BCUT2D eigenvalue weighted by Gasteiger charge is 2.44. The highest BCUT2D eigenvalue weighted by atomic mass is 19.1. The van der Waals surface area contributed by atoms with Crippen molar-refractivity contribution >= 4 is 5.97 Å².